The van der Waals surface area contributed by atoms with E-state index in [0.29, 0.717) is 0 Å². The first-order chi connectivity index (χ1) is 8.85. The van der Waals surface area contributed by atoms with Crippen LogP contribution in [-0.2, 0) is 6.42 Å². The molecule has 1 heterocycles. The monoisotopic (exact) mass is 238 g/mol. The maximum Gasteiger partial charge on any atom is 0.134 e. The highest BCUT2D eigenvalue weighted by Crippen LogP contribution is 2.22. The number of para-hydroxylation sites is 1. The number of benzene rings is 2. The van der Waals surface area contributed by atoms with Crippen molar-refractivity contribution in [3.05, 3.63) is 65.9 Å². The van der Waals surface area contributed by atoms with E-state index in [-0.39, 0.29) is 0 Å². The van der Waals surface area contributed by atoms with E-state index < -0.39 is 0 Å². The summed E-state index contributed by atoms with van der Waals surface area (Å²) in [7, 11) is 1.67. The Labute approximate surface area is 106 Å². The number of hydrogen-bond acceptors (Lipinski definition) is 2. The topological polar surface area (TPSA) is 22.4 Å². The fourth-order valence-corrected chi connectivity index (χ4v) is 2.07. The summed E-state index contributed by atoms with van der Waals surface area (Å²) in [5.74, 6) is 1.87. The molecule has 0 aliphatic rings. The van der Waals surface area contributed by atoms with Crippen LogP contribution in [0.5, 0.6) is 5.75 Å². The maximum absolute atomic E-state index is 5.80. The molecule has 2 heteroatoms. The van der Waals surface area contributed by atoms with Gasteiger partial charge in [0.25, 0.3) is 0 Å². The summed E-state index contributed by atoms with van der Waals surface area (Å²) in [6, 6.07) is 18.2. The van der Waals surface area contributed by atoms with Crippen molar-refractivity contribution < 1.29 is 9.15 Å². The van der Waals surface area contributed by atoms with Crippen LogP contribution in [0.15, 0.2) is 59.0 Å². The minimum atomic E-state index is 0.804. The van der Waals surface area contributed by atoms with Crippen LogP contribution >= 0.6 is 0 Å². The molecule has 0 aliphatic carbocycles. The second-order valence-corrected chi connectivity index (χ2v) is 4.28. The summed E-state index contributed by atoms with van der Waals surface area (Å²) in [5, 5.41) is 1.15. The molecule has 0 amide bonds. The minimum Gasteiger partial charge on any atom is -0.497 e. The van der Waals surface area contributed by atoms with Gasteiger partial charge in [-0.1, -0.05) is 30.3 Å². The molecule has 18 heavy (non-hydrogen) atoms. The zero-order valence-corrected chi connectivity index (χ0v) is 10.2. The van der Waals surface area contributed by atoms with Gasteiger partial charge in [0.2, 0.25) is 0 Å². The van der Waals surface area contributed by atoms with Gasteiger partial charge in [-0.25, -0.2) is 0 Å². The molecule has 0 bridgehead atoms. The van der Waals surface area contributed by atoms with Crippen LogP contribution in [0.25, 0.3) is 11.0 Å². The van der Waals surface area contributed by atoms with Gasteiger partial charge in [-0.15, -0.1) is 0 Å². The van der Waals surface area contributed by atoms with Crippen molar-refractivity contribution in [2.75, 3.05) is 7.11 Å². The molecule has 90 valence electrons. The number of ether oxygens (including phenoxy) is 1. The standard InChI is InChI=1S/C16H14O2/c1-17-14-8-6-12(7-9-14)10-15-11-13-4-2-3-5-16(13)18-15/h2-9,11H,10H2,1H3. The van der Waals surface area contributed by atoms with E-state index in [1.807, 2.05) is 30.3 Å². The number of hydrogen-bond donors (Lipinski definition) is 0. The number of rotatable bonds is 3. The molecule has 0 fully saturated rings. The molecule has 3 aromatic rings. The lowest BCUT2D eigenvalue weighted by Crippen LogP contribution is -1.87. The summed E-state index contributed by atoms with van der Waals surface area (Å²) >= 11 is 0. The SMILES string of the molecule is COc1ccc(Cc2cc3ccccc3o2)cc1. The number of methoxy groups -OCH3 is 1. The summed E-state index contributed by atoms with van der Waals surface area (Å²) < 4.78 is 10.9. The van der Waals surface area contributed by atoms with Crippen molar-refractivity contribution in [2.24, 2.45) is 0 Å². The van der Waals surface area contributed by atoms with Gasteiger partial charge in [0.15, 0.2) is 0 Å². The van der Waals surface area contributed by atoms with Crippen LogP contribution in [0.4, 0.5) is 0 Å². The van der Waals surface area contributed by atoms with Gasteiger partial charge in [-0.2, -0.15) is 0 Å². The van der Waals surface area contributed by atoms with E-state index in [9.17, 15) is 0 Å². The Morgan fingerprint density at radius 3 is 2.50 bits per heavy atom. The molecule has 0 atom stereocenters. The van der Waals surface area contributed by atoms with Gasteiger partial charge in [-0.05, 0) is 29.8 Å². The molecule has 1 aromatic heterocycles. The van der Waals surface area contributed by atoms with E-state index in [0.717, 1.165) is 28.9 Å². The third-order valence-corrected chi connectivity index (χ3v) is 3.01. The minimum absolute atomic E-state index is 0.804. The van der Waals surface area contributed by atoms with Crippen LogP contribution < -0.4 is 4.74 Å². The molecule has 0 aliphatic heterocycles. The zero-order chi connectivity index (χ0) is 12.4. The quantitative estimate of drug-likeness (QED) is 0.687. The molecule has 0 spiro atoms. The smallest absolute Gasteiger partial charge is 0.134 e. The van der Waals surface area contributed by atoms with Crippen LogP contribution in [0.3, 0.4) is 0 Å². The van der Waals surface area contributed by atoms with Gasteiger partial charge < -0.3 is 9.15 Å². The van der Waals surface area contributed by atoms with E-state index in [2.05, 4.69) is 24.3 Å². The Morgan fingerprint density at radius 1 is 1.00 bits per heavy atom. The van der Waals surface area contributed by atoms with Crippen molar-refractivity contribution >= 4 is 11.0 Å². The largest absolute Gasteiger partial charge is 0.497 e. The van der Waals surface area contributed by atoms with Crippen molar-refractivity contribution in [1.29, 1.82) is 0 Å². The van der Waals surface area contributed by atoms with Crippen molar-refractivity contribution in [3.8, 4) is 5.75 Å². The van der Waals surface area contributed by atoms with Gasteiger partial charge in [0, 0.05) is 11.8 Å². The first kappa shape index (κ1) is 10.9. The third-order valence-electron chi connectivity index (χ3n) is 3.01. The van der Waals surface area contributed by atoms with Crippen LogP contribution in [0.1, 0.15) is 11.3 Å². The lowest BCUT2D eigenvalue weighted by atomic mass is 10.1. The highest BCUT2D eigenvalue weighted by Gasteiger charge is 2.04. The molecule has 0 N–H and O–H groups in total. The average molecular weight is 238 g/mol. The molecular formula is C16H14O2. The molecule has 0 saturated carbocycles. The molecule has 3 rings (SSSR count). The van der Waals surface area contributed by atoms with Crippen LogP contribution in [0, 0.1) is 0 Å². The Kier molecular flexibility index (Phi) is 2.77. The molecule has 0 radical (unpaired) electrons. The van der Waals surface area contributed by atoms with Gasteiger partial charge in [-0.3, -0.25) is 0 Å². The second kappa shape index (κ2) is 4.57. The molecular weight excluding hydrogens is 224 g/mol. The van der Waals surface area contributed by atoms with Crippen LogP contribution in [-0.4, -0.2) is 7.11 Å². The Balaban J connectivity index is 1.86. The molecule has 0 unspecified atom stereocenters. The average Bonchev–Trinajstić information content (AvgIpc) is 2.82. The van der Waals surface area contributed by atoms with E-state index in [4.69, 9.17) is 9.15 Å². The summed E-state index contributed by atoms with van der Waals surface area (Å²) in [4.78, 5) is 0. The molecule has 0 saturated heterocycles. The fraction of sp³-hybridized carbons (Fsp3) is 0.125. The first-order valence-corrected chi connectivity index (χ1v) is 5.95. The highest BCUT2D eigenvalue weighted by atomic mass is 16.5. The maximum atomic E-state index is 5.80. The summed E-state index contributed by atoms with van der Waals surface area (Å²) in [6.45, 7) is 0. The predicted molar refractivity (Wildman–Crippen MR) is 72.0 cm³/mol. The number of fused-ring (bicyclic) bond motifs is 1. The Morgan fingerprint density at radius 2 is 1.78 bits per heavy atom. The van der Waals surface area contributed by atoms with E-state index >= 15 is 0 Å². The lowest BCUT2D eigenvalue weighted by Gasteiger charge is -2.01. The first-order valence-electron chi connectivity index (χ1n) is 5.95. The lowest BCUT2D eigenvalue weighted by molar-refractivity contribution is 0.414. The third kappa shape index (κ3) is 2.09. The van der Waals surface area contributed by atoms with Gasteiger partial charge >= 0.3 is 0 Å². The second-order valence-electron chi connectivity index (χ2n) is 4.28. The Bertz CT molecular complexity index is 617. The van der Waals surface area contributed by atoms with Crippen LogP contribution in [0.2, 0.25) is 0 Å². The van der Waals surface area contributed by atoms with E-state index in [1.54, 1.807) is 7.11 Å². The van der Waals surface area contributed by atoms with Crippen molar-refractivity contribution in [3.63, 3.8) is 0 Å². The van der Waals surface area contributed by atoms with Crippen molar-refractivity contribution in [1.82, 2.24) is 0 Å². The predicted octanol–water partition coefficient (Wildman–Crippen LogP) is 4.03. The fourth-order valence-electron chi connectivity index (χ4n) is 2.07. The van der Waals surface area contributed by atoms with E-state index in [1.165, 1.54) is 5.56 Å². The zero-order valence-electron chi connectivity index (χ0n) is 10.2. The summed E-state index contributed by atoms with van der Waals surface area (Å²) in [6.07, 6.45) is 0.804. The normalized spacial score (nSPS) is 10.7. The highest BCUT2D eigenvalue weighted by molar-refractivity contribution is 5.77. The molecule has 2 nitrogen and oxygen atoms in total. The van der Waals surface area contributed by atoms with Gasteiger partial charge in [0.05, 0.1) is 7.11 Å². The summed E-state index contributed by atoms with van der Waals surface area (Å²) in [5.41, 5.74) is 2.16. The van der Waals surface area contributed by atoms with Crippen molar-refractivity contribution in [2.45, 2.75) is 6.42 Å². The Hall–Kier alpha value is -2.22. The van der Waals surface area contributed by atoms with Gasteiger partial charge in [0.1, 0.15) is 17.1 Å². The molecule has 2 aromatic carbocycles. The number of furan rings is 1.